The number of benzene rings is 9. The predicted molar refractivity (Wildman–Crippen MR) is 229 cm³/mol. The summed E-state index contributed by atoms with van der Waals surface area (Å²) in [4.78, 5) is 16.7. The zero-order valence-electron chi connectivity index (χ0n) is 30.3. The largest absolute Gasteiger partial charge is 0.278 e. The van der Waals surface area contributed by atoms with Crippen LogP contribution in [0.3, 0.4) is 0 Å². The van der Waals surface area contributed by atoms with Gasteiger partial charge in [-0.05, 0) is 78.3 Å². The van der Waals surface area contributed by atoms with Gasteiger partial charge in [-0.1, -0.05) is 176 Å². The highest BCUT2D eigenvalue weighted by Gasteiger charge is 2.49. The SMILES string of the molecule is c1ccc(-c2nc(-n3c4ccc5ccccc5c4c4c5ccccc5ccc43)nc(C3(c4ccc5ccccc5c4)c4ccccc4-c4ccccc43)n2)cc1. The molecule has 260 valence electrons. The Hall–Kier alpha value is -7.43. The standard InChI is InChI=1S/C52H32N4/c1-2-17-36(18-3-1)49-53-50(52(38-29-26-33-14-4-5-19-37(33)32-38)43-24-12-10-22-41(43)42-23-11-13-25-44(42)52)55-51(54-49)56-45-30-27-34-15-6-8-20-39(34)47(45)48-40-21-9-7-16-35(40)28-31-46(48)56/h1-32H. The molecule has 0 amide bonds. The molecule has 4 nitrogen and oxygen atoms in total. The second-order valence-electron chi connectivity index (χ2n) is 14.7. The maximum atomic E-state index is 5.71. The summed E-state index contributed by atoms with van der Waals surface area (Å²) in [5.74, 6) is 1.90. The van der Waals surface area contributed by atoms with Crippen molar-refractivity contribution in [1.82, 2.24) is 19.5 Å². The normalized spacial score (nSPS) is 13.1. The van der Waals surface area contributed by atoms with Crippen molar-refractivity contribution in [1.29, 1.82) is 0 Å². The van der Waals surface area contributed by atoms with Crippen molar-refractivity contribution >= 4 is 54.1 Å². The molecule has 1 aliphatic rings. The van der Waals surface area contributed by atoms with Crippen LogP contribution in [0.2, 0.25) is 0 Å². The van der Waals surface area contributed by atoms with Crippen molar-refractivity contribution in [3.63, 3.8) is 0 Å². The molecule has 0 saturated carbocycles. The Morgan fingerprint density at radius 3 is 1.55 bits per heavy atom. The molecule has 2 aromatic heterocycles. The molecule has 0 unspecified atom stereocenters. The summed E-state index contributed by atoms with van der Waals surface area (Å²) in [5, 5.41) is 9.55. The van der Waals surface area contributed by atoms with Crippen LogP contribution in [0.1, 0.15) is 22.5 Å². The van der Waals surface area contributed by atoms with E-state index in [1.807, 2.05) is 6.07 Å². The average Bonchev–Trinajstić information content (AvgIpc) is 3.78. The van der Waals surface area contributed by atoms with Crippen molar-refractivity contribution in [3.05, 3.63) is 217 Å². The van der Waals surface area contributed by atoms with Gasteiger partial charge < -0.3 is 0 Å². The Labute approximate surface area is 323 Å². The molecule has 0 atom stereocenters. The van der Waals surface area contributed by atoms with Crippen LogP contribution in [0, 0.1) is 0 Å². The summed E-state index contributed by atoms with van der Waals surface area (Å²) in [6, 6.07) is 69.5. The molecule has 0 N–H and O–H groups in total. The number of fused-ring (bicyclic) bond motifs is 11. The quantitative estimate of drug-likeness (QED) is 0.182. The molecule has 0 saturated heterocycles. The second kappa shape index (κ2) is 11.8. The van der Waals surface area contributed by atoms with Crippen LogP contribution in [0.4, 0.5) is 0 Å². The van der Waals surface area contributed by atoms with Gasteiger partial charge in [0.05, 0.1) is 11.0 Å². The lowest BCUT2D eigenvalue weighted by atomic mass is 9.71. The highest BCUT2D eigenvalue weighted by Crippen LogP contribution is 2.55. The van der Waals surface area contributed by atoms with Crippen LogP contribution < -0.4 is 0 Å². The van der Waals surface area contributed by atoms with Crippen molar-refractivity contribution < 1.29 is 0 Å². The number of aromatic nitrogens is 4. The molecule has 11 aromatic rings. The molecule has 0 aliphatic heterocycles. The molecular weight excluding hydrogens is 681 g/mol. The molecule has 0 spiro atoms. The van der Waals surface area contributed by atoms with Crippen molar-refractivity contribution in [3.8, 4) is 28.5 Å². The highest BCUT2D eigenvalue weighted by atomic mass is 15.2. The van der Waals surface area contributed by atoms with Gasteiger partial charge in [0.15, 0.2) is 11.6 Å². The van der Waals surface area contributed by atoms with E-state index >= 15 is 0 Å². The molecule has 2 heterocycles. The fourth-order valence-electron chi connectivity index (χ4n) is 9.45. The van der Waals surface area contributed by atoms with E-state index in [0.717, 1.165) is 33.3 Å². The van der Waals surface area contributed by atoms with Crippen LogP contribution in [-0.4, -0.2) is 19.5 Å². The zero-order valence-corrected chi connectivity index (χ0v) is 30.3. The topological polar surface area (TPSA) is 43.6 Å². The van der Waals surface area contributed by atoms with E-state index in [-0.39, 0.29) is 0 Å². The molecule has 9 aromatic carbocycles. The van der Waals surface area contributed by atoms with E-state index in [9.17, 15) is 0 Å². The molecule has 12 rings (SSSR count). The van der Waals surface area contributed by atoms with E-state index in [4.69, 9.17) is 15.0 Å². The number of nitrogens with zero attached hydrogens (tertiary/aromatic N) is 4. The van der Waals surface area contributed by atoms with Gasteiger partial charge in [-0.2, -0.15) is 9.97 Å². The molecule has 56 heavy (non-hydrogen) atoms. The summed E-state index contributed by atoms with van der Waals surface area (Å²) in [7, 11) is 0. The Kier molecular flexibility index (Phi) is 6.52. The molecular formula is C52H32N4. The molecule has 0 bridgehead atoms. The molecule has 0 radical (unpaired) electrons. The van der Waals surface area contributed by atoms with Crippen LogP contribution in [0.15, 0.2) is 194 Å². The van der Waals surface area contributed by atoms with Crippen molar-refractivity contribution in [2.24, 2.45) is 0 Å². The minimum Gasteiger partial charge on any atom is -0.278 e. The average molecular weight is 713 g/mol. The van der Waals surface area contributed by atoms with Gasteiger partial charge >= 0.3 is 0 Å². The smallest absolute Gasteiger partial charge is 0.238 e. The fraction of sp³-hybridized carbons (Fsp3) is 0.0192. The van der Waals surface area contributed by atoms with E-state index < -0.39 is 5.41 Å². The first-order valence-corrected chi connectivity index (χ1v) is 19.1. The van der Waals surface area contributed by atoms with E-state index in [1.165, 1.54) is 54.2 Å². The number of hydrogen-bond acceptors (Lipinski definition) is 3. The third-order valence-electron chi connectivity index (χ3n) is 11.9. The third-order valence-corrected chi connectivity index (χ3v) is 11.9. The molecule has 1 aliphatic carbocycles. The van der Waals surface area contributed by atoms with Gasteiger partial charge in [-0.25, -0.2) is 4.98 Å². The van der Waals surface area contributed by atoms with E-state index in [1.54, 1.807) is 0 Å². The number of hydrogen-bond donors (Lipinski definition) is 0. The lowest BCUT2D eigenvalue weighted by Crippen LogP contribution is -2.32. The van der Waals surface area contributed by atoms with E-state index in [0.29, 0.717) is 17.6 Å². The fourth-order valence-corrected chi connectivity index (χ4v) is 9.45. The Balaban J connectivity index is 1.26. The predicted octanol–water partition coefficient (Wildman–Crippen LogP) is 12.5. The first-order chi connectivity index (χ1) is 27.8. The Morgan fingerprint density at radius 1 is 0.393 bits per heavy atom. The van der Waals surface area contributed by atoms with Crippen molar-refractivity contribution in [2.45, 2.75) is 5.41 Å². The van der Waals surface area contributed by atoms with Gasteiger partial charge in [-0.15, -0.1) is 0 Å². The summed E-state index contributed by atoms with van der Waals surface area (Å²) < 4.78 is 2.27. The van der Waals surface area contributed by atoms with Gasteiger partial charge in [0.25, 0.3) is 0 Å². The monoisotopic (exact) mass is 712 g/mol. The van der Waals surface area contributed by atoms with Gasteiger partial charge in [0.1, 0.15) is 5.41 Å². The van der Waals surface area contributed by atoms with Crippen molar-refractivity contribution in [2.75, 3.05) is 0 Å². The summed E-state index contributed by atoms with van der Waals surface area (Å²) in [6.07, 6.45) is 0. The first kappa shape index (κ1) is 31.0. The summed E-state index contributed by atoms with van der Waals surface area (Å²) in [6.45, 7) is 0. The van der Waals surface area contributed by atoms with Gasteiger partial charge in [0, 0.05) is 16.3 Å². The Morgan fingerprint density at radius 2 is 0.911 bits per heavy atom. The van der Waals surface area contributed by atoms with Gasteiger partial charge in [-0.3, -0.25) is 4.57 Å². The lowest BCUT2D eigenvalue weighted by Gasteiger charge is -2.32. The minimum absolute atomic E-state index is 0.585. The molecule has 4 heteroatoms. The van der Waals surface area contributed by atoms with Crippen LogP contribution in [-0.2, 0) is 5.41 Å². The van der Waals surface area contributed by atoms with Gasteiger partial charge in [0.2, 0.25) is 5.95 Å². The lowest BCUT2D eigenvalue weighted by molar-refractivity contribution is 0.684. The number of rotatable bonds is 4. The summed E-state index contributed by atoms with van der Waals surface area (Å²) >= 11 is 0. The Bertz CT molecular complexity index is 3240. The van der Waals surface area contributed by atoms with Crippen LogP contribution in [0.5, 0.6) is 0 Å². The first-order valence-electron chi connectivity index (χ1n) is 19.1. The maximum absolute atomic E-state index is 5.71. The van der Waals surface area contributed by atoms with E-state index in [2.05, 4.69) is 193 Å². The molecule has 0 fully saturated rings. The highest BCUT2D eigenvalue weighted by molar-refractivity contribution is 6.28. The summed E-state index contributed by atoms with van der Waals surface area (Å²) in [5.41, 5.74) is 8.02. The zero-order chi connectivity index (χ0) is 36.8. The van der Waals surface area contributed by atoms with Crippen LogP contribution >= 0.6 is 0 Å². The third kappa shape index (κ3) is 4.27. The minimum atomic E-state index is -0.837. The van der Waals surface area contributed by atoms with Crippen LogP contribution in [0.25, 0.3) is 82.6 Å². The maximum Gasteiger partial charge on any atom is 0.238 e. The second-order valence-corrected chi connectivity index (χ2v) is 14.7.